The summed E-state index contributed by atoms with van der Waals surface area (Å²) < 4.78 is 13.4. The number of nitriles is 1. The third kappa shape index (κ3) is 2.47. The zero-order valence-corrected chi connectivity index (χ0v) is 12.6. The van der Waals surface area contributed by atoms with Crippen molar-refractivity contribution in [2.45, 2.75) is 12.3 Å². The maximum absolute atomic E-state index is 13.4. The first-order valence-electron chi connectivity index (χ1n) is 7.56. The molecule has 0 saturated carbocycles. The minimum absolute atomic E-state index is 0.101. The minimum Gasteiger partial charge on any atom is -0.388 e. The zero-order chi connectivity index (χ0) is 16.7. The Morgan fingerprint density at radius 3 is 2.71 bits per heavy atom. The molecule has 0 aliphatic carbocycles. The van der Waals surface area contributed by atoms with Gasteiger partial charge in [0.25, 0.3) is 0 Å². The van der Waals surface area contributed by atoms with Crippen molar-refractivity contribution in [3.63, 3.8) is 0 Å². The number of rotatable bonds is 2. The lowest BCUT2D eigenvalue weighted by atomic mass is 10.2. The largest absolute Gasteiger partial charge is 0.388 e. The van der Waals surface area contributed by atoms with Gasteiger partial charge < -0.3 is 15.0 Å². The summed E-state index contributed by atoms with van der Waals surface area (Å²) in [5.41, 5.74) is 3.10. The molecule has 3 aromatic rings. The van der Waals surface area contributed by atoms with Gasteiger partial charge in [0.15, 0.2) is 0 Å². The Hall–Kier alpha value is -2.98. The number of nitrogens with one attached hydrogen (secondary N) is 1. The number of β-amino-alcohol motifs (C(OH)–C–C–N with tert-alkyl or cyclic N) is 1. The van der Waals surface area contributed by atoms with Gasteiger partial charge >= 0.3 is 0 Å². The van der Waals surface area contributed by atoms with Gasteiger partial charge in [0, 0.05) is 41.1 Å². The summed E-state index contributed by atoms with van der Waals surface area (Å²) in [5, 5.41) is 19.4. The highest BCUT2D eigenvalue weighted by molar-refractivity contribution is 5.86. The molecule has 0 bridgehead atoms. The molecule has 2 aromatic heterocycles. The summed E-state index contributed by atoms with van der Waals surface area (Å²) in [5.74, 6) is 0.404. The molecule has 1 fully saturated rings. The van der Waals surface area contributed by atoms with Gasteiger partial charge in [0.05, 0.1) is 18.2 Å². The highest BCUT2D eigenvalue weighted by Crippen LogP contribution is 2.25. The monoisotopic (exact) mass is 323 g/mol. The molecule has 2 N–H and O–H groups in total. The van der Waals surface area contributed by atoms with E-state index in [0.717, 1.165) is 22.2 Å². The maximum atomic E-state index is 13.4. The third-order valence-corrected chi connectivity index (χ3v) is 4.20. The lowest BCUT2D eigenvalue weighted by molar-refractivity contribution is 0.118. The molecule has 1 aromatic carbocycles. The van der Waals surface area contributed by atoms with E-state index < -0.39 is 12.3 Å². The molecular weight excluding hydrogens is 309 g/mol. The van der Waals surface area contributed by atoms with Crippen LogP contribution in [0.15, 0.2) is 36.7 Å². The molecule has 0 radical (unpaired) electrons. The standard InChI is InChI=1S/C17H14FN5O/c18-13-8-23(9-16(13)24)17-20-6-12(7-21-17)15-4-11-2-1-10(5-19)3-14(11)22-15/h1-4,6-7,13,16,22,24H,8-9H2. The fourth-order valence-electron chi connectivity index (χ4n) is 2.89. The number of halogens is 1. The number of aliphatic hydroxyl groups excluding tert-OH is 1. The lowest BCUT2D eigenvalue weighted by Crippen LogP contribution is -2.23. The molecule has 0 spiro atoms. The van der Waals surface area contributed by atoms with E-state index in [-0.39, 0.29) is 13.1 Å². The van der Waals surface area contributed by atoms with E-state index in [0.29, 0.717) is 11.5 Å². The van der Waals surface area contributed by atoms with Crippen LogP contribution in [0.25, 0.3) is 22.2 Å². The van der Waals surface area contributed by atoms with E-state index in [1.165, 1.54) is 0 Å². The van der Waals surface area contributed by atoms with Crippen molar-refractivity contribution >= 4 is 16.9 Å². The normalized spacial score (nSPS) is 20.5. The SMILES string of the molecule is N#Cc1ccc2cc(-c3cnc(N4CC(O)C(F)C4)nc3)[nH]c2c1. The number of hydrogen-bond acceptors (Lipinski definition) is 5. The van der Waals surface area contributed by atoms with Gasteiger partial charge in [0.2, 0.25) is 5.95 Å². The summed E-state index contributed by atoms with van der Waals surface area (Å²) in [4.78, 5) is 13.4. The highest BCUT2D eigenvalue weighted by Gasteiger charge is 2.32. The first-order chi connectivity index (χ1) is 11.6. The Kier molecular flexibility index (Phi) is 3.40. The topological polar surface area (TPSA) is 88.8 Å². The second-order valence-electron chi connectivity index (χ2n) is 5.86. The van der Waals surface area contributed by atoms with Crippen LogP contribution in [0.1, 0.15) is 5.56 Å². The van der Waals surface area contributed by atoms with Gasteiger partial charge in [-0.05, 0) is 18.2 Å². The van der Waals surface area contributed by atoms with Crippen molar-refractivity contribution in [3.05, 3.63) is 42.2 Å². The molecule has 1 aliphatic rings. The van der Waals surface area contributed by atoms with Crippen LogP contribution in [-0.4, -0.2) is 45.4 Å². The number of fused-ring (bicyclic) bond motifs is 1. The number of aromatic amines is 1. The molecule has 1 saturated heterocycles. The third-order valence-electron chi connectivity index (χ3n) is 4.20. The maximum Gasteiger partial charge on any atom is 0.225 e. The fraction of sp³-hybridized carbons (Fsp3) is 0.235. The Labute approximate surface area is 137 Å². The smallest absolute Gasteiger partial charge is 0.225 e. The summed E-state index contributed by atoms with van der Waals surface area (Å²) in [7, 11) is 0. The van der Waals surface area contributed by atoms with Gasteiger partial charge in [-0.15, -0.1) is 0 Å². The molecule has 120 valence electrons. The Morgan fingerprint density at radius 1 is 1.25 bits per heavy atom. The van der Waals surface area contributed by atoms with E-state index in [4.69, 9.17) is 5.26 Å². The van der Waals surface area contributed by atoms with Crippen molar-refractivity contribution in [3.8, 4) is 17.3 Å². The van der Waals surface area contributed by atoms with Crippen LogP contribution >= 0.6 is 0 Å². The van der Waals surface area contributed by atoms with E-state index >= 15 is 0 Å². The molecule has 6 nitrogen and oxygen atoms in total. The Morgan fingerprint density at radius 2 is 2.04 bits per heavy atom. The number of benzene rings is 1. The van der Waals surface area contributed by atoms with Crippen LogP contribution in [0, 0.1) is 11.3 Å². The molecule has 4 rings (SSSR count). The van der Waals surface area contributed by atoms with Gasteiger partial charge in [0.1, 0.15) is 12.3 Å². The molecular formula is C17H14FN5O. The van der Waals surface area contributed by atoms with Crippen molar-refractivity contribution in [1.82, 2.24) is 15.0 Å². The first kappa shape index (κ1) is 14.6. The van der Waals surface area contributed by atoms with Crippen LogP contribution < -0.4 is 4.90 Å². The average molecular weight is 323 g/mol. The molecule has 2 atom stereocenters. The first-order valence-corrected chi connectivity index (χ1v) is 7.56. The second kappa shape index (κ2) is 5.58. The Balaban J connectivity index is 1.62. The number of anilines is 1. The van der Waals surface area contributed by atoms with Crippen molar-refractivity contribution in [2.24, 2.45) is 0 Å². The number of nitrogens with zero attached hydrogens (tertiary/aromatic N) is 4. The molecule has 7 heteroatoms. The van der Waals surface area contributed by atoms with Gasteiger partial charge in [-0.25, -0.2) is 14.4 Å². The van der Waals surface area contributed by atoms with Crippen molar-refractivity contribution < 1.29 is 9.50 Å². The van der Waals surface area contributed by atoms with Gasteiger partial charge in [-0.1, -0.05) is 6.07 Å². The van der Waals surface area contributed by atoms with E-state index in [1.807, 2.05) is 12.1 Å². The van der Waals surface area contributed by atoms with E-state index in [9.17, 15) is 9.50 Å². The van der Waals surface area contributed by atoms with Crippen molar-refractivity contribution in [1.29, 1.82) is 5.26 Å². The lowest BCUT2D eigenvalue weighted by Gasteiger charge is -2.14. The molecule has 2 unspecified atom stereocenters. The van der Waals surface area contributed by atoms with Crippen LogP contribution in [0.5, 0.6) is 0 Å². The van der Waals surface area contributed by atoms with Crippen LogP contribution in [0.2, 0.25) is 0 Å². The van der Waals surface area contributed by atoms with Gasteiger partial charge in [-0.3, -0.25) is 0 Å². The second-order valence-corrected chi connectivity index (χ2v) is 5.86. The number of hydrogen-bond donors (Lipinski definition) is 2. The summed E-state index contributed by atoms with van der Waals surface area (Å²) in [6.07, 6.45) is 1.07. The quantitative estimate of drug-likeness (QED) is 0.753. The van der Waals surface area contributed by atoms with Crippen LogP contribution in [-0.2, 0) is 0 Å². The highest BCUT2D eigenvalue weighted by atomic mass is 19.1. The summed E-state index contributed by atoms with van der Waals surface area (Å²) in [6, 6.07) is 9.52. The average Bonchev–Trinajstić information content (AvgIpc) is 3.18. The van der Waals surface area contributed by atoms with Gasteiger partial charge in [-0.2, -0.15) is 5.26 Å². The molecule has 3 heterocycles. The summed E-state index contributed by atoms with van der Waals surface area (Å²) >= 11 is 0. The predicted octanol–water partition coefficient (Wildman–Crippen LogP) is 2.02. The zero-order valence-electron chi connectivity index (χ0n) is 12.6. The molecule has 24 heavy (non-hydrogen) atoms. The fourth-order valence-corrected chi connectivity index (χ4v) is 2.89. The molecule has 1 aliphatic heterocycles. The minimum atomic E-state index is -1.27. The predicted molar refractivity (Wildman–Crippen MR) is 87.2 cm³/mol. The number of H-pyrrole nitrogens is 1. The van der Waals surface area contributed by atoms with Crippen LogP contribution in [0.3, 0.4) is 0 Å². The van der Waals surface area contributed by atoms with E-state index in [2.05, 4.69) is 21.0 Å². The van der Waals surface area contributed by atoms with E-state index in [1.54, 1.807) is 29.4 Å². The number of alkyl halides is 1. The van der Waals surface area contributed by atoms with Crippen molar-refractivity contribution in [2.75, 3.05) is 18.0 Å². The molecule has 0 amide bonds. The van der Waals surface area contributed by atoms with Crippen LogP contribution in [0.4, 0.5) is 10.3 Å². The number of aromatic nitrogens is 3. The summed E-state index contributed by atoms with van der Waals surface area (Å²) in [6.45, 7) is 0.299. The Bertz CT molecular complexity index is 920. The number of aliphatic hydroxyl groups is 1.